The predicted molar refractivity (Wildman–Crippen MR) is 77.2 cm³/mol. The Morgan fingerprint density at radius 3 is 1.79 bits per heavy atom. The van der Waals surface area contributed by atoms with E-state index in [1.807, 2.05) is 60.7 Å². The monoisotopic (exact) mass is 276 g/mol. The van der Waals surface area contributed by atoms with Crippen molar-refractivity contribution < 1.29 is 9.47 Å². The number of benzene rings is 2. The normalized spacial score (nSPS) is 13.2. The SMILES string of the molecule is COC(OC)(c1ccccc1)C(Cl)c1ccccc1. The van der Waals surface area contributed by atoms with Gasteiger partial charge in [-0.05, 0) is 5.56 Å². The molecule has 100 valence electrons. The molecule has 0 N–H and O–H groups in total. The predicted octanol–water partition coefficient (Wildman–Crippen LogP) is 4.11. The quantitative estimate of drug-likeness (QED) is 0.604. The van der Waals surface area contributed by atoms with Crippen molar-refractivity contribution in [1.82, 2.24) is 0 Å². The molecule has 2 rings (SSSR count). The lowest BCUT2D eigenvalue weighted by atomic mass is 9.96. The molecule has 0 amide bonds. The van der Waals surface area contributed by atoms with E-state index in [1.54, 1.807) is 14.2 Å². The summed E-state index contributed by atoms with van der Waals surface area (Å²) in [6, 6.07) is 19.5. The van der Waals surface area contributed by atoms with Crippen LogP contribution in [0.15, 0.2) is 60.7 Å². The number of halogens is 1. The number of ether oxygens (including phenoxy) is 2. The second kappa shape index (κ2) is 6.20. The van der Waals surface area contributed by atoms with Crippen molar-refractivity contribution in [1.29, 1.82) is 0 Å². The maximum absolute atomic E-state index is 6.61. The van der Waals surface area contributed by atoms with E-state index in [1.165, 1.54) is 0 Å². The first kappa shape index (κ1) is 14.1. The molecule has 1 atom stereocenters. The summed E-state index contributed by atoms with van der Waals surface area (Å²) in [5.74, 6) is -0.996. The fourth-order valence-corrected chi connectivity index (χ4v) is 2.63. The molecule has 0 bridgehead atoms. The van der Waals surface area contributed by atoms with Crippen LogP contribution in [0.2, 0.25) is 0 Å². The third-order valence-corrected chi connectivity index (χ3v) is 3.75. The van der Waals surface area contributed by atoms with E-state index >= 15 is 0 Å². The van der Waals surface area contributed by atoms with E-state index in [0.29, 0.717) is 0 Å². The van der Waals surface area contributed by atoms with Crippen LogP contribution in [0.3, 0.4) is 0 Å². The molecule has 2 aromatic carbocycles. The van der Waals surface area contributed by atoms with Crippen LogP contribution in [0.4, 0.5) is 0 Å². The molecule has 0 aliphatic carbocycles. The largest absolute Gasteiger partial charge is 0.348 e. The molecule has 0 aromatic heterocycles. The minimum atomic E-state index is -0.996. The summed E-state index contributed by atoms with van der Waals surface area (Å²) in [6.07, 6.45) is 0. The van der Waals surface area contributed by atoms with Crippen LogP contribution in [0.25, 0.3) is 0 Å². The Morgan fingerprint density at radius 1 is 0.842 bits per heavy atom. The third kappa shape index (κ3) is 2.66. The molecule has 0 radical (unpaired) electrons. The second-order valence-electron chi connectivity index (χ2n) is 4.22. The van der Waals surface area contributed by atoms with Gasteiger partial charge in [0.2, 0.25) is 5.79 Å². The molecule has 19 heavy (non-hydrogen) atoms. The van der Waals surface area contributed by atoms with Gasteiger partial charge in [0.05, 0.1) is 0 Å². The highest BCUT2D eigenvalue weighted by Gasteiger charge is 2.41. The number of hydrogen-bond donors (Lipinski definition) is 0. The third-order valence-electron chi connectivity index (χ3n) is 3.21. The number of rotatable bonds is 5. The minimum Gasteiger partial charge on any atom is -0.348 e. The lowest BCUT2D eigenvalue weighted by molar-refractivity contribution is -0.218. The van der Waals surface area contributed by atoms with Crippen LogP contribution < -0.4 is 0 Å². The van der Waals surface area contributed by atoms with Crippen molar-refractivity contribution >= 4 is 11.6 Å². The zero-order valence-electron chi connectivity index (χ0n) is 11.0. The zero-order chi connectivity index (χ0) is 13.7. The molecule has 0 saturated heterocycles. The fraction of sp³-hybridized carbons (Fsp3) is 0.250. The number of methoxy groups -OCH3 is 2. The minimum absolute atomic E-state index is 0.439. The van der Waals surface area contributed by atoms with Crippen LogP contribution in [0.5, 0.6) is 0 Å². The molecular formula is C16H17ClO2. The Morgan fingerprint density at radius 2 is 1.32 bits per heavy atom. The first-order valence-electron chi connectivity index (χ1n) is 6.09. The summed E-state index contributed by atoms with van der Waals surface area (Å²) < 4.78 is 11.3. The summed E-state index contributed by atoms with van der Waals surface area (Å²) in [5.41, 5.74) is 1.85. The van der Waals surface area contributed by atoms with Gasteiger partial charge in [0, 0.05) is 19.8 Å². The summed E-state index contributed by atoms with van der Waals surface area (Å²) in [4.78, 5) is 0. The van der Waals surface area contributed by atoms with Crippen molar-refractivity contribution in [2.75, 3.05) is 14.2 Å². The van der Waals surface area contributed by atoms with Crippen molar-refractivity contribution in [2.45, 2.75) is 11.2 Å². The van der Waals surface area contributed by atoms with Crippen molar-refractivity contribution in [3.05, 3.63) is 71.8 Å². The van der Waals surface area contributed by atoms with Gasteiger partial charge in [-0.2, -0.15) is 0 Å². The highest BCUT2D eigenvalue weighted by Crippen LogP contribution is 2.43. The summed E-state index contributed by atoms with van der Waals surface area (Å²) >= 11 is 6.61. The number of alkyl halides is 1. The van der Waals surface area contributed by atoms with Gasteiger partial charge < -0.3 is 9.47 Å². The van der Waals surface area contributed by atoms with E-state index in [-0.39, 0.29) is 0 Å². The van der Waals surface area contributed by atoms with Crippen LogP contribution in [0, 0.1) is 0 Å². The van der Waals surface area contributed by atoms with Gasteiger partial charge in [0.15, 0.2) is 0 Å². The van der Waals surface area contributed by atoms with Gasteiger partial charge in [0.25, 0.3) is 0 Å². The van der Waals surface area contributed by atoms with Crippen LogP contribution in [-0.2, 0) is 15.3 Å². The number of hydrogen-bond acceptors (Lipinski definition) is 2. The molecule has 0 heterocycles. The summed E-state index contributed by atoms with van der Waals surface area (Å²) in [7, 11) is 3.21. The van der Waals surface area contributed by atoms with Gasteiger partial charge >= 0.3 is 0 Å². The Balaban J connectivity index is 2.45. The van der Waals surface area contributed by atoms with Crippen LogP contribution in [-0.4, -0.2) is 14.2 Å². The van der Waals surface area contributed by atoms with Crippen LogP contribution >= 0.6 is 11.6 Å². The van der Waals surface area contributed by atoms with E-state index in [2.05, 4.69) is 0 Å². The Labute approximate surface area is 118 Å². The van der Waals surface area contributed by atoms with Gasteiger partial charge in [0.1, 0.15) is 5.38 Å². The Bertz CT molecular complexity index is 495. The average Bonchev–Trinajstić information content (AvgIpc) is 2.51. The summed E-state index contributed by atoms with van der Waals surface area (Å²) in [6.45, 7) is 0. The molecule has 0 aliphatic rings. The fourth-order valence-electron chi connectivity index (χ4n) is 2.18. The van der Waals surface area contributed by atoms with E-state index in [9.17, 15) is 0 Å². The van der Waals surface area contributed by atoms with E-state index in [4.69, 9.17) is 21.1 Å². The maximum Gasteiger partial charge on any atom is 0.215 e. The van der Waals surface area contributed by atoms with Gasteiger partial charge in [-0.3, -0.25) is 0 Å². The first-order chi connectivity index (χ1) is 9.24. The molecule has 2 nitrogen and oxygen atoms in total. The van der Waals surface area contributed by atoms with E-state index < -0.39 is 11.2 Å². The van der Waals surface area contributed by atoms with Crippen molar-refractivity contribution in [3.63, 3.8) is 0 Å². The van der Waals surface area contributed by atoms with Gasteiger partial charge in [-0.1, -0.05) is 60.7 Å². The summed E-state index contributed by atoms with van der Waals surface area (Å²) in [5, 5.41) is -0.439. The molecule has 0 fully saturated rings. The molecule has 2 aromatic rings. The maximum atomic E-state index is 6.61. The second-order valence-corrected chi connectivity index (χ2v) is 4.65. The lowest BCUT2D eigenvalue weighted by Gasteiger charge is -2.35. The topological polar surface area (TPSA) is 18.5 Å². The molecule has 3 heteroatoms. The zero-order valence-corrected chi connectivity index (χ0v) is 11.8. The highest BCUT2D eigenvalue weighted by atomic mass is 35.5. The van der Waals surface area contributed by atoms with Crippen molar-refractivity contribution in [3.8, 4) is 0 Å². The smallest absolute Gasteiger partial charge is 0.215 e. The van der Waals surface area contributed by atoms with Gasteiger partial charge in [-0.25, -0.2) is 0 Å². The lowest BCUT2D eigenvalue weighted by Crippen LogP contribution is -2.35. The first-order valence-corrected chi connectivity index (χ1v) is 6.53. The standard InChI is InChI=1S/C16H17ClO2/c1-18-16(19-2,14-11-7-4-8-12-14)15(17)13-9-5-3-6-10-13/h3-12,15H,1-2H3. The molecular weight excluding hydrogens is 260 g/mol. The molecule has 0 spiro atoms. The Kier molecular flexibility index (Phi) is 4.59. The molecule has 0 aliphatic heterocycles. The van der Waals surface area contributed by atoms with Crippen molar-refractivity contribution in [2.24, 2.45) is 0 Å². The molecule has 1 unspecified atom stereocenters. The highest BCUT2D eigenvalue weighted by molar-refractivity contribution is 6.21. The van der Waals surface area contributed by atoms with Gasteiger partial charge in [-0.15, -0.1) is 11.6 Å². The molecule has 0 saturated carbocycles. The average molecular weight is 277 g/mol. The van der Waals surface area contributed by atoms with Crippen LogP contribution in [0.1, 0.15) is 16.5 Å². The van der Waals surface area contributed by atoms with E-state index in [0.717, 1.165) is 11.1 Å². The Hall–Kier alpha value is -1.35.